The highest BCUT2D eigenvalue weighted by Gasteiger charge is 2.38. The number of imidazole rings is 1. The fraction of sp³-hybridized carbons (Fsp3) is 0.200. The number of alkyl halides is 3. The molecule has 36 heavy (non-hydrogen) atoms. The van der Waals surface area contributed by atoms with Gasteiger partial charge in [0.15, 0.2) is 5.69 Å². The summed E-state index contributed by atoms with van der Waals surface area (Å²) in [5, 5.41) is 20.6. The molecule has 0 unspecified atom stereocenters. The molecule has 0 fully saturated rings. The van der Waals surface area contributed by atoms with Crippen molar-refractivity contribution in [1.82, 2.24) is 29.1 Å². The first kappa shape index (κ1) is 23.2. The Morgan fingerprint density at radius 3 is 2.56 bits per heavy atom. The summed E-state index contributed by atoms with van der Waals surface area (Å²) in [6, 6.07) is 11.7. The molecule has 3 aromatic heterocycles. The molecule has 0 radical (unpaired) electrons. The number of fused-ring (bicyclic) bond motifs is 1. The molecule has 5 aromatic rings. The van der Waals surface area contributed by atoms with E-state index in [2.05, 4.69) is 26.6 Å². The van der Waals surface area contributed by atoms with Crippen molar-refractivity contribution >= 4 is 16.6 Å². The number of nitrogens with zero attached hydrogens (tertiary/aromatic N) is 7. The lowest BCUT2D eigenvalue weighted by molar-refractivity contribution is -0.140. The number of nitrogens with one attached hydrogen (secondary N) is 1. The van der Waals surface area contributed by atoms with E-state index in [0.29, 0.717) is 28.3 Å². The highest BCUT2D eigenvalue weighted by molar-refractivity contribution is 5.92. The van der Waals surface area contributed by atoms with E-state index in [-0.39, 0.29) is 16.9 Å². The summed E-state index contributed by atoms with van der Waals surface area (Å²) in [7, 11) is 1.77. The number of anilines is 1. The van der Waals surface area contributed by atoms with Gasteiger partial charge in [0.05, 0.1) is 57.8 Å². The third-order valence-corrected chi connectivity index (χ3v) is 5.61. The number of rotatable bonds is 5. The van der Waals surface area contributed by atoms with Gasteiger partial charge in [0.2, 0.25) is 0 Å². The van der Waals surface area contributed by atoms with Gasteiger partial charge >= 0.3 is 6.18 Å². The van der Waals surface area contributed by atoms with Gasteiger partial charge in [-0.1, -0.05) is 6.07 Å². The van der Waals surface area contributed by atoms with E-state index >= 15 is 0 Å². The largest absolute Gasteiger partial charge is 0.435 e. The van der Waals surface area contributed by atoms with Crippen molar-refractivity contribution in [1.29, 1.82) is 5.26 Å². The Labute approximate surface area is 204 Å². The Morgan fingerprint density at radius 1 is 1.08 bits per heavy atom. The Balaban J connectivity index is 1.74. The molecule has 0 aliphatic carbocycles. The fourth-order valence-corrected chi connectivity index (χ4v) is 4.12. The van der Waals surface area contributed by atoms with E-state index in [4.69, 9.17) is 0 Å². The van der Waals surface area contributed by atoms with Crippen molar-refractivity contribution in [3.8, 4) is 28.7 Å². The molecule has 0 saturated carbocycles. The summed E-state index contributed by atoms with van der Waals surface area (Å²) in [6.07, 6.45) is 1.85. The second-order valence-corrected chi connectivity index (χ2v) is 8.64. The maximum absolute atomic E-state index is 14.3. The van der Waals surface area contributed by atoms with Gasteiger partial charge in [0, 0.05) is 31.0 Å². The van der Waals surface area contributed by atoms with Crippen LogP contribution in [0.3, 0.4) is 0 Å². The van der Waals surface area contributed by atoms with Crippen LogP contribution in [0.15, 0.2) is 61.3 Å². The summed E-state index contributed by atoms with van der Waals surface area (Å²) in [4.78, 5) is 4.37. The number of aromatic nitrogens is 6. The molecule has 0 bridgehead atoms. The van der Waals surface area contributed by atoms with E-state index in [1.807, 2.05) is 13.8 Å². The maximum Gasteiger partial charge on any atom is 0.435 e. The van der Waals surface area contributed by atoms with E-state index < -0.39 is 11.9 Å². The van der Waals surface area contributed by atoms with Crippen LogP contribution in [0.5, 0.6) is 0 Å². The predicted molar refractivity (Wildman–Crippen MR) is 129 cm³/mol. The number of benzene rings is 2. The molecule has 0 atom stereocenters. The number of aryl methyl sites for hydroxylation is 1. The topological polar surface area (TPSA) is 89.3 Å². The average molecular weight is 490 g/mol. The molecule has 182 valence electrons. The maximum atomic E-state index is 14.3. The van der Waals surface area contributed by atoms with Crippen LogP contribution in [0, 0.1) is 11.3 Å². The minimum absolute atomic E-state index is 0.0194. The Hall–Kier alpha value is -4.59. The van der Waals surface area contributed by atoms with Gasteiger partial charge in [-0.15, -0.1) is 0 Å². The van der Waals surface area contributed by atoms with Gasteiger partial charge in [-0.2, -0.15) is 28.6 Å². The highest BCUT2D eigenvalue weighted by Crippen LogP contribution is 2.39. The SMILES string of the molecule is CC(C)Nc1cc(C#N)ccc1-n1nc(C(F)(F)F)c2c(-n3cnc(-c4cnn(C)c4)c3)cccc21. The summed E-state index contributed by atoms with van der Waals surface area (Å²) < 4.78 is 47.3. The van der Waals surface area contributed by atoms with Gasteiger partial charge in [-0.25, -0.2) is 9.67 Å². The summed E-state index contributed by atoms with van der Waals surface area (Å²) >= 11 is 0. The lowest BCUT2D eigenvalue weighted by Crippen LogP contribution is -2.13. The molecule has 0 saturated heterocycles. The Kier molecular flexibility index (Phi) is 5.51. The van der Waals surface area contributed by atoms with Crippen LogP contribution < -0.4 is 5.32 Å². The fourth-order valence-electron chi connectivity index (χ4n) is 4.12. The number of hydrogen-bond donors (Lipinski definition) is 1. The zero-order valence-electron chi connectivity index (χ0n) is 19.6. The third-order valence-electron chi connectivity index (χ3n) is 5.61. The standard InChI is InChI=1S/C25H21F3N8/c1-15(2)32-18-9-16(10-29)7-8-20(18)36-22-6-4-5-21(23(22)24(33-36)25(26,27)28)35-13-19(30-14-35)17-11-31-34(3)12-17/h4-9,11-15,32H,1-3H3. The zero-order chi connectivity index (χ0) is 25.6. The lowest BCUT2D eigenvalue weighted by atomic mass is 10.1. The third kappa shape index (κ3) is 4.07. The van der Waals surface area contributed by atoms with E-state index in [9.17, 15) is 18.4 Å². The molecule has 8 nitrogen and oxygen atoms in total. The first-order valence-electron chi connectivity index (χ1n) is 11.1. The van der Waals surface area contributed by atoms with Gasteiger partial charge in [0.25, 0.3) is 0 Å². The van der Waals surface area contributed by atoms with Crippen LogP contribution in [-0.4, -0.2) is 35.2 Å². The second kappa shape index (κ2) is 8.57. The summed E-state index contributed by atoms with van der Waals surface area (Å²) in [5.41, 5.74) is 2.18. The predicted octanol–water partition coefficient (Wildman–Crippen LogP) is 5.32. The van der Waals surface area contributed by atoms with Crippen molar-refractivity contribution in [3.05, 3.63) is 72.6 Å². The van der Waals surface area contributed by atoms with Crippen LogP contribution >= 0.6 is 0 Å². The van der Waals surface area contributed by atoms with Crippen LogP contribution in [0.1, 0.15) is 25.1 Å². The smallest absolute Gasteiger partial charge is 0.381 e. The minimum atomic E-state index is -4.70. The van der Waals surface area contributed by atoms with Gasteiger partial charge in [0.1, 0.15) is 0 Å². The van der Waals surface area contributed by atoms with Crippen LogP contribution in [0.4, 0.5) is 18.9 Å². The molecule has 2 aromatic carbocycles. The van der Waals surface area contributed by atoms with Crippen molar-refractivity contribution in [2.24, 2.45) is 7.05 Å². The molecular weight excluding hydrogens is 469 g/mol. The number of nitriles is 1. The Bertz CT molecular complexity index is 1610. The van der Waals surface area contributed by atoms with Gasteiger partial charge in [-0.05, 0) is 44.2 Å². The van der Waals surface area contributed by atoms with E-state index in [0.717, 1.165) is 5.56 Å². The van der Waals surface area contributed by atoms with Gasteiger partial charge in [-0.3, -0.25) is 4.68 Å². The summed E-state index contributed by atoms with van der Waals surface area (Å²) in [6.45, 7) is 3.81. The average Bonchev–Trinajstić information content (AvgIpc) is 3.56. The van der Waals surface area contributed by atoms with Crippen LogP contribution in [0.25, 0.3) is 33.5 Å². The first-order valence-corrected chi connectivity index (χ1v) is 11.1. The van der Waals surface area contributed by atoms with E-state index in [1.54, 1.807) is 71.3 Å². The van der Waals surface area contributed by atoms with Crippen molar-refractivity contribution in [3.63, 3.8) is 0 Å². The van der Waals surface area contributed by atoms with E-state index in [1.165, 1.54) is 11.0 Å². The lowest BCUT2D eigenvalue weighted by Gasteiger charge is -2.16. The van der Waals surface area contributed by atoms with Gasteiger partial charge < -0.3 is 9.88 Å². The number of halogens is 3. The summed E-state index contributed by atoms with van der Waals surface area (Å²) in [5.74, 6) is 0. The second-order valence-electron chi connectivity index (χ2n) is 8.64. The molecule has 3 heterocycles. The van der Waals surface area contributed by atoms with Crippen molar-refractivity contribution in [2.45, 2.75) is 26.1 Å². The van der Waals surface area contributed by atoms with Crippen molar-refractivity contribution < 1.29 is 13.2 Å². The molecule has 5 rings (SSSR count). The monoisotopic (exact) mass is 490 g/mol. The first-order chi connectivity index (χ1) is 17.2. The molecule has 0 aliphatic heterocycles. The van der Waals surface area contributed by atoms with Crippen LogP contribution in [0.2, 0.25) is 0 Å². The Morgan fingerprint density at radius 2 is 1.89 bits per heavy atom. The molecule has 0 aliphatic rings. The molecule has 11 heteroatoms. The molecule has 0 spiro atoms. The van der Waals surface area contributed by atoms with Crippen LogP contribution in [-0.2, 0) is 13.2 Å². The highest BCUT2D eigenvalue weighted by atomic mass is 19.4. The minimum Gasteiger partial charge on any atom is -0.381 e. The zero-order valence-corrected chi connectivity index (χ0v) is 19.6. The molecule has 1 N–H and O–H groups in total. The number of hydrogen-bond acceptors (Lipinski definition) is 5. The molecule has 0 amide bonds. The van der Waals surface area contributed by atoms with Crippen molar-refractivity contribution in [2.75, 3.05) is 5.32 Å². The normalized spacial score (nSPS) is 11.8. The quantitative estimate of drug-likeness (QED) is 0.360. The molecular formula is C25H21F3N8.